The summed E-state index contributed by atoms with van der Waals surface area (Å²) in [5, 5.41) is 2.79. The zero-order valence-electron chi connectivity index (χ0n) is 10.7. The van der Waals surface area contributed by atoms with Gasteiger partial charge in [0.1, 0.15) is 17.0 Å². The number of fused-ring (bicyclic) bond motifs is 1. The third-order valence-corrected chi connectivity index (χ3v) is 4.11. The van der Waals surface area contributed by atoms with Crippen LogP contribution < -0.4 is 5.32 Å². The van der Waals surface area contributed by atoms with Gasteiger partial charge in [0.15, 0.2) is 0 Å². The summed E-state index contributed by atoms with van der Waals surface area (Å²) in [5.74, 6) is -0.0982. The van der Waals surface area contributed by atoms with E-state index in [0.717, 1.165) is 0 Å². The Bertz CT molecular complexity index is 375. The van der Waals surface area contributed by atoms with Crippen LogP contribution in [0.25, 0.3) is 0 Å². The van der Waals surface area contributed by atoms with E-state index in [1.165, 1.54) is 0 Å². The molecule has 2 aliphatic rings. The van der Waals surface area contributed by atoms with Crippen LogP contribution in [0.3, 0.4) is 0 Å². The lowest BCUT2D eigenvalue weighted by Crippen LogP contribution is -2.65. The van der Waals surface area contributed by atoms with Crippen LogP contribution in [0.4, 0.5) is 4.79 Å². The van der Waals surface area contributed by atoms with Crippen molar-refractivity contribution in [1.29, 1.82) is 0 Å². The van der Waals surface area contributed by atoms with Gasteiger partial charge in [-0.3, -0.25) is 9.69 Å². The molecular formula is C11H18N2O3S. The van der Waals surface area contributed by atoms with E-state index >= 15 is 0 Å². The van der Waals surface area contributed by atoms with E-state index in [2.05, 4.69) is 5.32 Å². The van der Waals surface area contributed by atoms with Crippen LogP contribution in [0.1, 0.15) is 34.6 Å². The third kappa shape index (κ3) is 2.10. The molecule has 6 heteroatoms. The number of carbonyl (C=O) groups is 2. The normalized spacial score (nSPS) is 30.4. The molecule has 0 aromatic heterocycles. The Balaban J connectivity index is 2.18. The van der Waals surface area contributed by atoms with E-state index < -0.39 is 16.6 Å². The molecule has 2 amide bonds. The van der Waals surface area contributed by atoms with E-state index in [0.29, 0.717) is 0 Å². The molecule has 17 heavy (non-hydrogen) atoms. The Hall–Kier alpha value is -0.910. The summed E-state index contributed by atoms with van der Waals surface area (Å²) in [6.07, 6.45) is -0.419. The van der Waals surface area contributed by atoms with Crippen LogP contribution in [0.5, 0.6) is 0 Å². The first kappa shape index (κ1) is 12.5. The maximum Gasteiger partial charge on any atom is 0.412 e. The van der Waals surface area contributed by atoms with Crippen LogP contribution in [0.2, 0.25) is 0 Å². The van der Waals surface area contributed by atoms with Crippen LogP contribution in [-0.4, -0.2) is 38.8 Å². The molecule has 96 valence electrons. The number of nitrogens with one attached hydrogen (secondary N) is 1. The number of carbonyl (C=O) groups excluding carboxylic acids is 2. The summed E-state index contributed by atoms with van der Waals surface area (Å²) in [4.78, 5) is 24.8. The van der Waals surface area contributed by atoms with Gasteiger partial charge in [0.05, 0.1) is 4.87 Å². The van der Waals surface area contributed by atoms with Crippen molar-refractivity contribution in [3.05, 3.63) is 0 Å². The molecular weight excluding hydrogens is 240 g/mol. The maximum absolute atomic E-state index is 12.1. The zero-order valence-corrected chi connectivity index (χ0v) is 11.6. The first-order chi connectivity index (χ1) is 7.62. The van der Waals surface area contributed by atoms with Gasteiger partial charge in [0, 0.05) is 0 Å². The standard InChI is InChI=1S/C11H18N2O3S/c1-10(2,3)16-9(15)13-6-7(14)12-8(6)17-11(13,4)5/h6,8H,1-5H3,(H,12,14). The molecule has 2 unspecified atom stereocenters. The molecule has 2 saturated heterocycles. The number of nitrogens with zero attached hydrogens (tertiary/aromatic N) is 1. The SMILES string of the molecule is CC(C)(C)OC(=O)N1C2C(=O)NC2SC1(C)C. The molecule has 2 rings (SSSR count). The Morgan fingerprint density at radius 2 is 2.06 bits per heavy atom. The number of hydrogen-bond donors (Lipinski definition) is 1. The molecule has 2 aliphatic heterocycles. The molecule has 0 saturated carbocycles. The molecule has 2 heterocycles. The van der Waals surface area contributed by atoms with E-state index in [-0.39, 0.29) is 17.3 Å². The minimum atomic E-state index is -0.545. The molecule has 0 bridgehead atoms. The van der Waals surface area contributed by atoms with Crippen molar-refractivity contribution >= 4 is 23.8 Å². The van der Waals surface area contributed by atoms with Crippen molar-refractivity contribution in [1.82, 2.24) is 10.2 Å². The van der Waals surface area contributed by atoms with Crippen molar-refractivity contribution in [2.24, 2.45) is 0 Å². The first-order valence-electron chi connectivity index (χ1n) is 5.62. The smallest absolute Gasteiger partial charge is 0.412 e. The second-order valence-electron chi connectivity index (χ2n) is 5.79. The summed E-state index contributed by atoms with van der Waals surface area (Å²) < 4.78 is 5.35. The summed E-state index contributed by atoms with van der Waals surface area (Å²) in [6, 6.07) is -0.384. The molecule has 0 aliphatic carbocycles. The van der Waals surface area contributed by atoms with Gasteiger partial charge in [-0.15, -0.1) is 11.8 Å². The number of amides is 2. The van der Waals surface area contributed by atoms with Gasteiger partial charge in [-0.2, -0.15) is 0 Å². The quantitative estimate of drug-likeness (QED) is 0.669. The third-order valence-electron chi connectivity index (χ3n) is 2.70. The van der Waals surface area contributed by atoms with Gasteiger partial charge in [0.2, 0.25) is 5.91 Å². The van der Waals surface area contributed by atoms with E-state index in [1.54, 1.807) is 16.7 Å². The van der Waals surface area contributed by atoms with Crippen molar-refractivity contribution in [2.45, 2.75) is 56.5 Å². The highest BCUT2D eigenvalue weighted by Gasteiger charge is 2.59. The molecule has 1 N–H and O–H groups in total. The lowest BCUT2D eigenvalue weighted by atomic mass is 10.1. The number of thioether (sulfide) groups is 1. The predicted molar refractivity (Wildman–Crippen MR) is 65.5 cm³/mol. The Morgan fingerprint density at radius 1 is 1.47 bits per heavy atom. The summed E-state index contributed by atoms with van der Waals surface area (Å²) in [6.45, 7) is 9.31. The second kappa shape index (κ2) is 3.54. The molecule has 2 atom stereocenters. The average Bonchev–Trinajstić information content (AvgIpc) is 2.30. The van der Waals surface area contributed by atoms with Gasteiger partial charge in [-0.1, -0.05) is 0 Å². The Kier molecular flexibility index (Phi) is 2.61. The van der Waals surface area contributed by atoms with Gasteiger partial charge in [-0.05, 0) is 34.6 Å². The molecule has 5 nitrogen and oxygen atoms in total. The monoisotopic (exact) mass is 258 g/mol. The number of ether oxygens (including phenoxy) is 1. The van der Waals surface area contributed by atoms with Gasteiger partial charge < -0.3 is 10.1 Å². The molecule has 0 radical (unpaired) electrons. The maximum atomic E-state index is 12.1. The van der Waals surface area contributed by atoms with Crippen LogP contribution >= 0.6 is 11.8 Å². The van der Waals surface area contributed by atoms with E-state index in [4.69, 9.17) is 4.74 Å². The van der Waals surface area contributed by atoms with E-state index in [9.17, 15) is 9.59 Å². The summed E-state index contributed by atoms with van der Waals surface area (Å²) in [7, 11) is 0. The lowest BCUT2D eigenvalue weighted by molar-refractivity contribution is -0.134. The fourth-order valence-corrected chi connectivity index (χ4v) is 3.51. The fourth-order valence-electron chi connectivity index (χ4n) is 2.04. The van der Waals surface area contributed by atoms with Crippen molar-refractivity contribution < 1.29 is 14.3 Å². The Morgan fingerprint density at radius 3 is 2.53 bits per heavy atom. The van der Waals surface area contributed by atoms with Crippen molar-refractivity contribution in [3.8, 4) is 0 Å². The largest absolute Gasteiger partial charge is 0.444 e. The van der Waals surface area contributed by atoms with Gasteiger partial charge in [-0.25, -0.2) is 4.79 Å². The highest BCUT2D eigenvalue weighted by molar-refractivity contribution is 8.01. The number of β-lactam (4-membered cyclic amide) rings is 1. The molecule has 0 aromatic carbocycles. The fraction of sp³-hybridized carbons (Fsp3) is 0.818. The highest BCUT2D eigenvalue weighted by atomic mass is 32.2. The average molecular weight is 258 g/mol. The second-order valence-corrected chi connectivity index (χ2v) is 7.53. The summed E-state index contributed by atoms with van der Waals surface area (Å²) in [5.41, 5.74) is -0.545. The van der Waals surface area contributed by atoms with Crippen molar-refractivity contribution in [2.75, 3.05) is 0 Å². The van der Waals surface area contributed by atoms with E-state index in [1.807, 2.05) is 34.6 Å². The number of hydrogen-bond acceptors (Lipinski definition) is 4. The summed E-state index contributed by atoms with van der Waals surface area (Å²) >= 11 is 1.58. The first-order valence-corrected chi connectivity index (χ1v) is 6.50. The lowest BCUT2D eigenvalue weighted by Gasteiger charge is -2.38. The Labute approximate surface area is 105 Å². The molecule has 0 spiro atoms. The minimum absolute atomic E-state index is 0.00465. The minimum Gasteiger partial charge on any atom is -0.444 e. The van der Waals surface area contributed by atoms with Crippen molar-refractivity contribution in [3.63, 3.8) is 0 Å². The van der Waals surface area contributed by atoms with Crippen LogP contribution in [0.15, 0.2) is 0 Å². The van der Waals surface area contributed by atoms with Crippen LogP contribution in [0, 0.1) is 0 Å². The molecule has 0 aromatic rings. The number of rotatable bonds is 0. The highest BCUT2D eigenvalue weighted by Crippen LogP contribution is 2.47. The topological polar surface area (TPSA) is 58.6 Å². The predicted octanol–water partition coefficient (Wildman–Crippen LogP) is 1.53. The van der Waals surface area contributed by atoms with Gasteiger partial charge in [0.25, 0.3) is 0 Å². The van der Waals surface area contributed by atoms with Crippen LogP contribution in [-0.2, 0) is 9.53 Å². The van der Waals surface area contributed by atoms with Gasteiger partial charge >= 0.3 is 6.09 Å². The molecule has 2 fully saturated rings. The zero-order chi connectivity index (χ0) is 13.0.